The second kappa shape index (κ2) is 6.21. The van der Waals surface area contributed by atoms with Gasteiger partial charge >= 0.3 is 5.97 Å². The highest BCUT2D eigenvalue weighted by Gasteiger charge is 2.21. The topological polar surface area (TPSA) is 56.9 Å². The van der Waals surface area contributed by atoms with E-state index in [-0.39, 0.29) is 5.56 Å². The molecule has 1 aromatic rings. The fraction of sp³-hybridized carbons (Fsp3) is 0.643. The van der Waals surface area contributed by atoms with Crippen molar-refractivity contribution in [3.05, 3.63) is 23.7 Å². The first-order valence-corrected chi connectivity index (χ1v) is 6.87. The zero-order valence-electron chi connectivity index (χ0n) is 11.6. The maximum absolute atomic E-state index is 10.8. The molecule has 1 atom stereocenters. The molecule has 2 heterocycles. The highest BCUT2D eigenvalue weighted by atomic mass is 16.4. The Balaban J connectivity index is 1.83. The normalized spacial score (nSPS) is 19.5. The van der Waals surface area contributed by atoms with Gasteiger partial charge in [0, 0.05) is 32.2 Å². The standard InChI is InChI=1S/C14H22N2O3/c1-3-11(2)16-6-4-15(5-7-16)9-13-8-12(10-19-13)14(17)18/h8,10-11H,3-7,9H2,1-2H3,(H,17,18). The van der Waals surface area contributed by atoms with E-state index in [1.165, 1.54) is 12.7 Å². The van der Waals surface area contributed by atoms with Gasteiger partial charge in [0.25, 0.3) is 0 Å². The second-order valence-corrected chi connectivity index (χ2v) is 5.18. The summed E-state index contributed by atoms with van der Waals surface area (Å²) in [6.45, 7) is 9.33. The van der Waals surface area contributed by atoms with Gasteiger partial charge in [-0.3, -0.25) is 9.80 Å². The molecule has 0 amide bonds. The number of piperazine rings is 1. The number of hydrogen-bond acceptors (Lipinski definition) is 4. The highest BCUT2D eigenvalue weighted by Crippen LogP contribution is 2.14. The van der Waals surface area contributed by atoms with Crippen molar-refractivity contribution < 1.29 is 14.3 Å². The van der Waals surface area contributed by atoms with E-state index in [1.54, 1.807) is 6.07 Å². The van der Waals surface area contributed by atoms with Crippen LogP contribution >= 0.6 is 0 Å². The first kappa shape index (κ1) is 14.1. The van der Waals surface area contributed by atoms with E-state index in [0.29, 0.717) is 12.6 Å². The van der Waals surface area contributed by atoms with Crippen molar-refractivity contribution in [2.45, 2.75) is 32.9 Å². The number of furan rings is 1. The van der Waals surface area contributed by atoms with Crippen LogP contribution in [0.25, 0.3) is 0 Å². The van der Waals surface area contributed by atoms with Crippen LogP contribution < -0.4 is 0 Å². The van der Waals surface area contributed by atoms with Gasteiger partial charge < -0.3 is 9.52 Å². The molecule has 1 aromatic heterocycles. The second-order valence-electron chi connectivity index (χ2n) is 5.18. The zero-order chi connectivity index (χ0) is 13.8. The molecule has 0 radical (unpaired) electrons. The van der Waals surface area contributed by atoms with Gasteiger partial charge in [0.15, 0.2) is 0 Å². The van der Waals surface area contributed by atoms with Crippen molar-refractivity contribution >= 4 is 5.97 Å². The summed E-state index contributed by atoms with van der Waals surface area (Å²) in [6.07, 6.45) is 2.49. The molecule has 0 aromatic carbocycles. The van der Waals surface area contributed by atoms with Gasteiger partial charge in [-0.15, -0.1) is 0 Å². The third-order valence-corrected chi connectivity index (χ3v) is 3.90. The first-order valence-electron chi connectivity index (χ1n) is 6.87. The van der Waals surface area contributed by atoms with Crippen molar-refractivity contribution in [2.75, 3.05) is 26.2 Å². The summed E-state index contributed by atoms with van der Waals surface area (Å²) < 4.78 is 5.29. The van der Waals surface area contributed by atoms with Crippen LogP contribution in [0, 0.1) is 0 Å². The molecule has 1 unspecified atom stereocenters. The van der Waals surface area contributed by atoms with Crippen LogP contribution in [0.15, 0.2) is 16.7 Å². The molecule has 0 spiro atoms. The molecule has 106 valence electrons. The summed E-state index contributed by atoms with van der Waals surface area (Å²) in [5.74, 6) is -0.203. The largest absolute Gasteiger partial charge is 0.478 e. The molecule has 5 nitrogen and oxygen atoms in total. The van der Waals surface area contributed by atoms with E-state index < -0.39 is 5.97 Å². The van der Waals surface area contributed by atoms with Gasteiger partial charge in [0.2, 0.25) is 0 Å². The molecule has 19 heavy (non-hydrogen) atoms. The number of nitrogens with zero attached hydrogens (tertiary/aromatic N) is 2. The fourth-order valence-corrected chi connectivity index (χ4v) is 2.42. The Kier molecular flexibility index (Phi) is 4.61. The molecular weight excluding hydrogens is 244 g/mol. The van der Waals surface area contributed by atoms with Crippen LogP contribution in [-0.2, 0) is 6.54 Å². The van der Waals surface area contributed by atoms with Gasteiger partial charge in [0.05, 0.1) is 12.1 Å². The Morgan fingerprint density at radius 1 is 1.42 bits per heavy atom. The summed E-state index contributed by atoms with van der Waals surface area (Å²) in [4.78, 5) is 15.6. The lowest BCUT2D eigenvalue weighted by Gasteiger charge is -2.37. The smallest absolute Gasteiger partial charge is 0.338 e. The molecule has 0 aliphatic carbocycles. The average Bonchev–Trinajstić information content (AvgIpc) is 2.87. The lowest BCUT2D eigenvalue weighted by atomic mass is 10.2. The fourth-order valence-electron chi connectivity index (χ4n) is 2.42. The molecule has 1 fully saturated rings. The Bertz CT molecular complexity index is 422. The van der Waals surface area contributed by atoms with E-state index in [4.69, 9.17) is 9.52 Å². The van der Waals surface area contributed by atoms with Crippen LogP contribution in [0.1, 0.15) is 36.4 Å². The molecule has 0 bridgehead atoms. The third kappa shape index (κ3) is 3.58. The van der Waals surface area contributed by atoms with Crippen LogP contribution in [-0.4, -0.2) is 53.1 Å². The van der Waals surface area contributed by atoms with Crippen molar-refractivity contribution in [2.24, 2.45) is 0 Å². The molecule has 2 rings (SSSR count). The van der Waals surface area contributed by atoms with Crippen LogP contribution in [0.3, 0.4) is 0 Å². The minimum atomic E-state index is -0.934. The molecule has 1 aliphatic heterocycles. The lowest BCUT2D eigenvalue weighted by Crippen LogP contribution is -2.48. The predicted molar refractivity (Wildman–Crippen MR) is 72.3 cm³/mol. The average molecular weight is 266 g/mol. The maximum atomic E-state index is 10.8. The van der Waals surface area contributed by atoms with E-state index in [0.717, 1.165) is 31.9 Å². The molecule has 1 aliphatic rings. The van der Waals surface area contributed by atoms with Crippen molar-refractivity contribution in [3.8, 4) is 0 Å². The van der Waals surface area contributed by atoms with Crippen molar-refractivity contribution in [1.29, 1.82) is 0 Å². The molecule has 5 heteroatoms. The number of carboxylic acids is 1. The minimum Gasteiger partial charge on any atom is -0.478 e. The Morgan fingerprint density at radius 2 is 2.11 bits per heavy atom. The Hall–Kier alpha value is -1.33. The quantitative estimate of drug-likeness (QED) is 0.882. The summed E-state index contributed by atoms with van der Waals surface area (Å²) in [5.41, 5.74) is 0.230. The van der Waals surface area contributed by atoms with Gasteiger partial charge in [-0.05, 0) is 19.4 Å². The number of aromatic carboxylic acids is 1. The predicted octanol–water partition coefficient (Wildman–Crippen LogP) is 1.89. The first-order chi connectivity index (χ1) is 9.10. The van der Waals surface area contributed by atoms with Gasteiger partial charge in [-0.25, -0.2) is 4.79 Å². The van der Waals surface area contributed by atoms with E-state index in [2.05, 4.69) is 23.6 Å². The number of hydrogen-bond donors (Lipinski definition) is 1. The third-order valence-electron chi connectivity index (χ3n) is 3.90. The van der Waals surface area contributed by atoms with Gasteiger partial charge in [0.1, 0.15) is 12.0 Å². The Morgan fingerprint density at radius 3 is 2.63 bits per heavy atom. The summed E-state index contributed by atoms with van der Waals surface area (Å²) in [5, 5.41) is 8.85. The molecule has 1 saturated heterocycles. The molecule has 0 saturated carbocycles. The van der Waals surface area contributed by atoms with Gasteiger partial charge in [-0.2, -0.15) is 0 Å². The SMILES string of the molecule is CCC(C)N1CCN(Cc2cc(C(=O)O)co2)CC1. The number of rotatable bonds is 5. The van der Waals surface area contributed by atoms with Crippen LogP contribution in [0.2, 0.25) is 0 Å². The van der Waals surface area contributed by atoms with Gasteiger partial charge in [-0.1, -0.05) is 6.92 Å². The minimum absolute atomic E-state index is 0.230. The lowest BCUT2D eigenvalue weighted by molar-refractivity contribution is 0.0696. The van der Waals surface area contributed by atoms with Crippen molar-refractivity contribution in [1.82, 2.24) is 9.80 Å². The number of carboxylic acid groups (broad SMARTS) is 1. The zero-order valence-corrected chi connectivity index (χ0v) is 11.6. The Labute approximate surface area is 113 Å². The van der Waals surface area contributed by atoms with Crippen LogP contribution in [0.4, 0.5) is 0 Å². The number of carbonyl (C=O) groups is 1. The maximum Gasteiger partial charge on any atom is 0.338 e. The monoisotopic (exact) mass is 266 g/mol. The van der Waals surface area contributed by atoms with E-state index in [1.807, 2.05) is 0 Å². The summed E-state index contributed by atoms with van der Waals surface area (Å²) in [6, 6.07) is 2.26. The summed E-state index contributed by atoms with van der Waals surface area (Å²) in [7, 11) is 0. The highest BCUT2D eigenvalue weighted by molar-refractivity contribution is 5.87. The molecule has 1 N–H and O–H groups in total. The van der Waals surface area contributed by atoms with E-state index >= 15 is 0 Å². The molecular formula is C14H22N2O3. The summed E-state index contributed by atoms with van der Waals surface area (Å²) >= 11 is 0. The van der Waals surface area contributed by atoms with Crippen LogP contribution in [0.5, 0.6) is 0 Å². The van der Waals surface area contributed by atoms with Crippen molar-refractivity contribution in [3.63, 3.8) is 0 Å². The van der Waals surface area contributed by atoms with E-state index in [9.17, 15) is 4.79 Å².